The number of hydrogen-bond acceptors (Lipinski definition) is 3. The van der Waals surface area contributed by atoms with E-state index in [1.807, 2.05) is 0 Å². The summed E-state index contributed by atoms with van der Waals surface area (Å²) in [5.41, 5.74) is 0.0781. The lowest BCUT2D eigenvalue weighted by Gasteiger charge is -2.13. The first-order valence-corrected chi connectivity index (χ1v) is 4.71. The highest BCUT2D eigenvalue weighted by molar-refractivity contribution is 6.30. The molecule has 0 aromatic heterocycles. The SMILES string of the molecule is N#CCC(O)c1cc(Cl)ccc1OC(F)F. The van der Waals surface area contributed by atoms with Crippen LogP contribution in [-0.2, 0) is 0 Å². The molecule has 1 aromatic carbocycles. The number of aliphatic hydroxyl groups excluding tert-OH is 1. The fraction of sp³-hybridized carbons (Fsp3) is 0.300. The second-order valence-electron chi connectivity index (χ2n) is 2.94. The van der Waals surface area contributed by atoms with E-state index in [1.54, 1.807) is 6.07 Å². The number of hydrogen-bond donors (Lipinski definition) is 1. The summed E-state index contributed by atoms with van der Waals surface area (Å²) in [7, 11) is 0. The lowest BCUT2D eigenvalue weighted by Crippen LogP contribution is -2.07. The van der Waals surface area contributed by atoms with Crippen LogP contribution in [0.5, 0.6) is 5.75 Å². The van der Waals surface area contributed by atoms with Gasteiger partial charge in [-0.05, 0) is 18.2 Å². The maximum Gasteiger partial charge on any atom is 0.387 e. The summed E-state index contributed by atoms with van der Waals surface area (Å²) < 4.78 is 28.3. The zero-order valence-corrected chi connectivity index (χ0v) is 8.79. The van der Waals surface area contributed by atoms with Crippen molar-refractivity contribution in [3.8, 4) is 11.8 Å². The number of aliphatic hydroxyl groups is 1. The molecule has 1 unspecified atom stereocenters. The fourth-order valence-corrected chi connectivity index (χ4v) is 1.36. The van der Waals surface area contributed by atoms with E-state index in [2.05, 4.69) is 4.74 Å². The van der Waals surface area contributed by atoms with Gasteiger partial charge in [-0.3, -0.25) is 0 Å². The number of alkyl halides is 2. The van der Waals surface area contributed by atoms with Gasteiger partial charge in [0, 0.05) is 10.6 Å². The van der Waals surface area contributed by atoms with Gasteiger partial charge in [-0.1, -0.05) is 11.6 Å². The molecule has 1 atom stereocenters. The smallest absolute Gasteiger partial charge is 0.387 e. The third-order valence-corrected chi connectivity index (χ3v) is 2.07. The summed E-state index contributed by atoms with van der Waals surface area (Å²) in [6.45, 7) is -2.99. The van der Waals surface area contributed by atoms with Gasteiger partial charge in [-0.15, -0.1) is 0 Å². The molecule has 6 heteroatoms. The molecular weight excluding hydrogens is 240 g/mol. The number of halogens is 3. The Morgan fingerprint density at radius 1 is 1.50 bits per heavy atom. The molecule has 0 spiro atoms. The Kier molecular flexibility index (Phi) is 4.47. The lowest BCUT2D eigenvalue weighted by molar-refractivity contribution is -0.0515. The monoisotopic (exact) mass is 247 g/mol. The highest BCUT2D eigenvalue weighted by Gasteiger charge is 2.16. The van der Waals surface area contributed by atoms with Gasteiger partial charge in [-0.25, -0.2) is 0 Å². The number of rotatable bonds is 4. The van der Waals surface area contributed by atoms with E-state index in [1.165, 1.54) is 18.2 Å². The zero-order valence-electron chi connectivity index (χ0n) is 8.03. The molecule has 0 aliphatic heterocycles. The standard InChI is InChI=1S/C10H8ClF2NO2/c11-6-1-2-9(16-10(12)13)7(5-6)8(15)3-4-14/h1-2,5,8,10,15H,3H2. The van der Waals surface area contributed by atoms with Crippen molar-refractivity contribution in [3.63, 3.8) is 0 Å². The molecule has 1 N–H and O–H groups in total. The van der Waals surface area contributed by atoms with Gasteiger partial charge in [0.1, 0.15) is 5.75 Å². The van der Waals surface area contributed by atoms with Crippen LogP contribution in [0.15, 0.2) is 18.2 Å². The Morgan fingerprint density at radius 3 is 2.75 bits per heavy atom. The molecule has 1 rings (SSSR count). The fourth-order valence-electron chi connectivity index (χ4n) is 1.18. The van der Waals surface area contributed by atoms with E-state index in [-0.39, 0.29) is 22.8 Å². The molecule has 0 aliphatic rings. The zero-order chi connectivity index (χ0) is 12.1. The molecule has 0 bridgehead atoms. The van der Waals surface area contributed by atoms with Crippen molar-refractivity contribution >= 4 is 11.6 Å². The Bertz CT molecular complexity index is 406. The van der Waals surface area contributed by atoms with E-state index in [9.17, 15) is 13.9 Å². The first-order chi connectivity index (χ1) is 7.54. The molecule has 0 saturated carbocycles. The van der Waals surface area contributed by atoms with Crippen LogP contribution in [0.25, 0.3) is 0 Å². The molecule has 16 heavy (non-hydrogen) atoms. The molecule has 1 aromatic rings. The van der Waals surface area contributed by atoms with Gasteiger partial charge >= 0.3 is 6.61 Å². The third kappa shape index (κ3) is 3.33. The normalized spacial score (nSPS) is 12.2. The second-order valence-corrected chi connectivity index (χ2v) is 3.38. The van der Waals surface area contributed by atoms with Crippen LogP contribution >= 0.6 is 11.6 Å². The number of nitrogens with zero attached hydrogens (tertiary/aromatic N) is 1. The van der Waals surface area contributed by atoms with Gasteiger partial charge in [0.05, 0.1) is 18.6 Å². The molecule has 0 radical (unpaired) electrons. The third-order valence-electron chi connectivity index (χ3n) is 1.83. The van der Waals surface area contributed by atoms with Crippen molar-refractivity contribution in [2.45, 2.75) is 19.1 Å². The van der Waals surface area contributed by atoms with Crippen molar-refractivity contribution in [1.29, 1.82) is 5.26 Å². The van der Waals surface area contributed by atoms with Gasteiger partial charge in [0.15, 0.2) is 0 Å². The molecular formula is C10H8ClF2NO2. The van der Waals surface area contributed by atoms with Crippen LogP contribution in [0.2, 0.25) is 5.02 Å². The van der Waals surface area contributed by atoms with Crippen LogP contribution in [-0.4, -0.2) is 11.7 Å². The first kappa shape index (κ1) is 12.7. The average Bonchev–Trinajstić information content (AvgIpc) is 2.20. The molecule has 0 heterocycles. The van der Waals surface area contributed by atoms with Crippen LogP contribution in [0, 0.1) is 11.3 Å². The molecule has 0 fully saturated rings. The van der Waals surface area contributed by atoms with E-state index in [0.717, 1.165) is 0 Å². The van der Waals surface area contributed by atoms with Crippen molar-refractivity contribution in [2.24, 2.45) is 0 Å². The molecule has 0 aliphatic carbocycles. The van der Waals surface area contributed by atoms with Crippen LogP contribution in [0.3, 0.4) is 0 Å². The summed E-state index contributed by atoms with van der Waals surface area (Å²) in [5.74, 6) is -0.179. The molecule has 86 valence electrons. The second kappa shape index (κ2) is 5.64. The van der Waals surface area contributed by atoms with Gasteiger partial charge < -0.3 is 9.84 Å². The Labute approximate surface area is 95.8 Å². The first-order valence-electron chi connectivity index (χ1n) is 4.34. The predicted molar refractivity (Wildman–Crippen MR) is 53.3 cm³/mol. The summed E-state index contributed by atoms with van der Waals surface area (Å²) in [6.07, 6.45) is -1.42. The number of benzene rings is 1. The van der Waals surface area contributed by atoms with E-state index < -0.39 is 12.7 Å². The summed E-state index contributed by atoms with van der Waals surface area (Å²) in [5, 5.41) is 18.2. The van der Waals surface area contributed by atoms with Crippen LogP contribution in [0.1, 0.15) is 18.1 Å². The minimum Gasteiger partial charge on any atom is -0.434 e. The van der Waals surface area contributed by atoms with Crippen molar-refractivity contribution < 1.29 is 18.6 Å². The Morgan fingerprint density at radius 2 is 2.19 bits per heavy atom. The maximum atomic E-state index is 12.0. The van der Waals surface area contributed by atoms with Gasteiger partial charge in [0.2, 0.25) is 0 Å². The largest absolute Gasteiger partial charge is 0.434 e. The summed E-state index contributed by atoms with van der Waals surface area (Å²) >= 11 is 5.66. The minimum atomic E-state index is -2.99. The van der Waals surface area contributed by atoms with E-state index in [0.29, 0.717) is 0 Å². The van der Waals surface area contributed by atoms with E-state index in [4.69, 9.17) is 16.9 Å². The Hall–Kier alpha value is -1.38. The topological polar surface area (TPSA) is 53.2 Å². The number of nitriles is 1. The highest BCUT2D eigenvalue weighted by atomic mass is 35.5. The minimum absolute atomic E-state index is 0.0781. The molecule has 3 nitrogen and oxygen atoms in total. The molecule has 0 saturated heterocycles. The van der Waals surface area contributed by atoms with Crippen molar-refractivity contribution in [1.82, 2.24) is 0 Å². The predicted octanol–water partition coefficient (Wildman–Crippen LogP) is 2.89. The average molecular weight is 248 g/mol. The van der Waals surface area contributed by atoms with Gasteiger partial charge in [-0.2, -0.15) is 14.0 Å². The Balaban J connectivity index is 3.03. The van der Waals surface area contributed by atoms with Crippen LogP contribution < -0.4 is 4.74 Å². The van der Waals surface area contributed by atoms with Crippen LogP contribution in [0.4, 0.5) is 8.78 Å². The molecule has 0 amide bonds. The quantitative estimate of drug-likeness (QED) is 0.890. The maximum absolute atomic E-state index is 12.0. The van der Waals surface area contributed by atoms with Crippen molar-refractivity contribution in [3.05, 3.63) is 28.8 Å². The highest BCUT2D eigenvalue weighted by Crippen LogP contribution is 2.30. The lowest BCUT2D eigenvalue weighted by atomic mass is 10.1. The van der Waals surface area contributed by atoms with Crippen molar-refractivity contribution in [2.75, 3.05) is 0 Å². The van der Waals surface area contributed by atoms with Gasteiger partial charge in [0.25, 0.3) is 0 Å². The number of ether oxygens (including phenoxy) is 1. The van der Waals surface area contributed by atoms with E-state index >= 15 is 0 Å². The summed E-state index contributed by atoms with van der Waals surface area (Å²) in [6, 6.07) is 5.61. The summed E-state index contributed by atoms with van der Waals surface area (Å²) in [4.78, 5) is 0.